The highest BCUT2D eigenvalue weighted by molar-refractivity contribution is 5.94. The Morgan fingerprint density at radius 3 is 2.89 bits per heavy atom. The first-order valence-electron chi connectivity index (χ1n) is 6.10. The Balaban J connectivity index is 2.22. The third-order valence-corrected chi connectivity index (χ3v) is 3.19. The molecule has 1 aromatic rings. The fraction of sp³-hybridized carbons (Fsp3) is 0.462. The lowest BCUT2D eigenvalue weighted by molar-refractivity contribution is -0.0427. The van der Waals surface area contributed by atoms with Gasteiger partial charge in [-0.25, -0.2) is 8.78 Å². The summed E-state index contributed by atoms with van der Waals surface area (Å²) in [6, 6.07) is 2.77. The number of nitrogens with zero attached hydrogens (tertiary/aromatic N) is 1. The monoisotopic (exact) mass is 270 g/mol. The third-order valence-electron chi connectivity index (χ3n) is 3.19. The van der Waals surface area contributed by atoms with E-state index in [9.17, 15) is 13.6 Å². The van der Waals surface area contributed by atoms with Gasteiger partial charge in [0.2, 0.25) is 0 Å². The summed E-state index contributed by atoms with van der Waals surface area (Å²) >= 11 is 0. The van der Waals surface area contributed by atoms with E-state index in [0.717, 1.165) is 12.1 Å². The summed E-state index contributed by atoms with van der Waals surface area (Å²) in [4.78, 5) is 13.8. The van der Waals surface area contributed by atoms with Gasteiger partial charge in [-0.3, -0.25) is 4.79 Å². The molecule has 6 heteroatoms. The molecule has 0 bridgehead atoms. The first-order valence-corrected chi connectivity index (χ1v) is 6.10. The lowest BCUT2D eigenvalue weighted by atomic mass is 10.1. The molecule has 2 N–H and O–H groups in total. The minimum atomic E-state index is -0.854. The summed E-state index contributed by atoms with van der Waals surface area (Å²) in [5.74, 6) is -2.02. The Morgan fingerprint density at radius 1 is 1.53 bits per heavy atom. The van der Waals surface area contributed by atoms with Crippen molar-refractivity contribution in [3.8, 4) is 0 Å². The molecule has 0 spiro atoms. The molecule has 0 aliphatic carbocycles. The number of benzene rings is 1. The predicted octanol–water partition coefficient (Wildman–Crippen LogP) is 1.15. The molecule has 4 nitrogen and oxygen atoms in total. The molecule has 1 saturated heterocycles. The molecule has 1 aromatic carbocycles. The zero-order valence-corrected chi connectivity index (χ0v) is 10.6. The molecule has 2 rings (SSSR count). The fourth-order valence-electron chi connectivity index (χ4n) is 2.06. The van der Waals surface area contributed by atoms with Crippen LogP contribution in [0.25, 0.3) is 0 Å². The van der Waals surface area contributed by atoms with Gasteiger partial charge in [0.05, 0.1) is 24.3 Å². The molecule has 104 valence electrons. The molecule has 1 aliphatic heterocycles. The van der Waals surface area contributed by atoms with Crippen LogP contribution >= 0.6 is 0 Å². The van der Waals surface area contributed by atoms with Gasteiger partial charge in [-0.1, -0.05) is 0 Å². The Morgan fingerprint density at radius 2 is 2.26 bits per heavy atom. The maximum absolute atomic E-state index is 13.6. The van der Waals surface area contributed by atoms with Crippen molar-refractivity contribution in [3.05, 3.63) is 35.4 Å². The van der Waals surface area contributed by atoms with Crippen LogP contribution in [-0.2, 0) is 4.74 Å². The number of morpholine rings is 1. The first-order chi connectivity index (χ1) is 9.02. The van der Waals surface area contributed by atoms with Gasteiger partial charge in [0.25, 0.3) is 5.91 Å². The number of carbonyl (C=O) groups excluding carboxylic acids is 1. The molecule has 1 heterocycles. The normalized spacial score (nSPS) is 23.5. The highest BCUT2D eigenvalue weighted by atomic mass is 19.1. The van der Waals surface area contributed by atoms with Crippen LogP contribution in [0.4, 0.5) is 8.78 Å². The average Bonchev–Trinajstić information content (AvgIpc) is 2.38. The third kappa shape index (κ3) is 2.90. The van der Waals surface area contributed by atoms with Gasteiger partial charge in [0.15, 0.2) is 0 Å². The molecule has 0 radical (unpaired) electrons. The fourth-order valence-corrected chi connectivity index (χ4v) is 2.06. The van der Waals surface area contributed by atoms with Gasteiger partial charge in [0.1, 0.15) is 11.6 Å². The van der Waals surface area contributed by atoms with Crippen LogP contribution in [0.15, 0.2) is 18.2 Å². The van der Waals surface area contributed by atoms with Crippen LogP contribution in [-0.4, -0.2) is 42.6 Å². The van der Waals surface area contributed by atoms with Crippen LogP contribution in [0.3, 0.4) is 0 Å². The van der Waals surface area contributed by atoms with Crippen LogP contribution in [0.5, 0.6) is 0 Å². The number of amides is 1. The summed E-state index contributed by atoms with van der Waals surface area (Å²) in [7, 11) is 0. The summed E-state index contributed by atoms with van der Waals surface area (Å²) in [5, 5.41) is 0. The largest absolute Gasteiger partial charge is 0.373 e. The van der Waals surface area contributed by atoms with E-state index in [4.69, 9.17) is 10.5 Å². The van der Waals surface area contributed by atoms with Crippen LogP contribution in [0, 0.1) is 11.6 Å². The summed E-state index contributed by atoms with van der Waals surface area (Å²) in [6.07, 6.45) is -0.247. The van der Waals surface area contributed by atoms with Gasteiger partial charge in [-0.15, -0.1) is 0 Å². The van der Waals surface area contributed by atoms with Gasteiger partial charge in [-0.05, 0) is 19.1 Å². The Hall–Kier alpha value is -1.53. The maximum Gasteiger partial charge on any atom is 0.257 e. The second-order valence-corrected chi connectivity index (χ2v) is 4.62. The number of halogens is 2. The molecule has 0 aromatic heterocycles. The summed E-state index contributed by atoms with van der Waals surface area (Å²) < 4.78 is 31.9. The molecule has 1 aliphatic rings. The minimum absolute atomic E-state index is 0.133. The SMILES string of the molecule is CC1COC(CN)CN1C(=O)c1ccc(F)cc1F. The molecule has 1 amide bonds. The molecule has 0 saturated carbocycles. The van der Waals surface area contributed by atoms with Crippen LogP contribution in [0.2, 0.25) is 0 Å². The van der Waals surface area contributed by atoms with E-state index >= 15 is 0 Å². The van der Waals surface area contributed by atoms with Crippen LogP contribution < -0.4 is 5.73 Å². The summed E-state index contributed by atoms with van der Waals surface area (Å²) in [5.41, 5.74) is 5.38. The number of hydrogen-bond acceptors (Lipinski definition) is 3. The molecule has 19 heavy (non-hydrogen) atoms. The Bertz CT molecular complexity index is 482. The van der Waals surface area contributed by atoms with Crippen molar-refractivity contribution in [2.75, 3.05) is 19.7 Å². The van der Waals surface area contributed by atoms with Crippen molar-refractivity contribution in [1.82, 2.24) is 4.90 Å². The topological polar surface area (TPSA) is 55.6 Å². The number of ether oxygens (including phenoxy) is 1. The highest BCUT2D eigenvalue weighted by Gasteiger charge is 2.30. The summed E-state index contributed by atoms with van der Waals surface area (Å²) in [6.45, 7) is 2.78. The Labute approximate surface area is 110 Å². The zero-order chi connectivity index (χ0) is 14.0. The lowest BCUT2D eigenvalue weighted by Gasteiger charge is -2.37. The predicted molar refractivity (Wildman–Crippen MR) is 65.7 cm³/mol. The average molecular weight is 270 g/mol. The number of rotatable bonds is 2. The van der Waals surface area contributed by atoms with Crippen LogP contribution in [0.1, 0.15) is 17.3 Å². The van der Waals surface area contributed by atoms with E-state index in [-0.39, 0.29) is 17.7 Å². The lowest BCUT2D eigenvalue weighted by Crippen LogP contribution is -2.53. The standard InChI is InChI=1S/C13H16F2N2O2/c1-8-7-19-10(5-16)6-17(8)13(18)11-3-2-9(14)4-12(11)15/h2-4,8,10H,5-7,16H2,1H3. The second kappa shape index (κ2) is 5.63. The van der Waals surface area contributed by atoms with Gasteiger partial charge >= 0.3 is 0 Å². The quantitative estimate of drug-likeness (QED) is 0.877. The molecule has 2 atom stereocenters. The minimum Gasteiger partial charge on any atom is -0.373 e. The zero-order valence-electron chi connectivity index (χ0n) is 10.6. The van der Waals surface area contributed by atoms with Crippen molar-refractivity contribution in [2.24, 2.45) is 5.73 Å². The number of nitrogens with two attached hydrogens (primary N) is 1. The van der Waals surface area contributed by atoms with Crippen molar-refractivity contribution < 1.29 is 18.3 Å². The van der Waals surface area contributed by atoms with Crippen molar-refractivity contribution >= 4 is 5.91 Å². The molecule has 2 unspecified atom stereocenters. The van der Waals surface area contributed by atoms with Crippen molar-refractivity contribution in [2.45, 2.75) is 19.1 Å². The first kappa shape index (κ1) is 13.9. The number of hydrogen-bond donors (Lipinski definition) is 1. The van der Waals surface area contributed by atoms with Crippen molar-refractivity contribution in [1.29, 1.82) is 0 Å². The number of carbonyl (C=O) groups is 1. The van der Waals surface area contributed by atoms with E-state index in [1.54, 1.807) is 0 Å². The van der Waals surface area contributed by atoms with Gasteiger partial charge in [-0.2, -0.15) is 0 Å². The van der Waals surface area contributed by atoms with E-state index in [0.29, 0.717) is 25.8 Å². The molecule has 1 fully saturated rings. The Kier molecular flexibility index (Phi) is 4.11. The molecular formula is C13H16F2N2O2. The molecular weight excluding hydrogens is 254 g/mol. The van der Waals surface area contributed by atoms with E-state index in [2.05, 4.69) is 0 Å². The van der Waals surface area contributed by atoms with Crippen molar-refractivity contribution in [3.63, 3.8) is 0 Å². The van der Waals surface area contributed by atoms with E-state index in [1.807, 2.05) is 6.92 Å². The smallest absolute Gasteiger partial charge is 0.257 e. The second-order valence-electron chi connectivity index (χ2n) is 4.62. The van der Waals surface area contributed by atoms with E-state index < -0.39 is 17.5 Å². The van der Waals surface area contributed by atoms with E-state index in [1.165, 1.54) is 4.90 Å². The van der Waals surface area contributed by atoms with Gasteiger partial charge in [0, 0.05) is 19.2 Å². The maximum atomic E-state index is 13.6. The van der Waals surface area contributed by atoms with Gasteiger partial charge < -0.3 is 15.4 Å². The highest BCUT2D eigenvalue weighted by Crippen LogP contribution is 2.18.